The van der Waals surface area contributed by atoms with Gasteiger partial charge in [-0.15, -0.1) is 0 Å². The Morgan fingerprint density at radius 2 is 2.17 bits per heavy atom. The molecule has 0 amide bonds. The zero-order valence-electron chi connectivity index (χ0n) is 10.7. The van der Waals surface area contributed by atoms with Gasteiger partial charge in [-0.25, -0.2) is 0 Å². The van der Waals surface area contributed by atoms with Gasteiger partial charge in [0.2, 0.25) is 0 Å². The smallest absolute Gasteiger partial charge is 0.304 e. The fourth-order valence-electron chi connectivity index (χ4n) is 2.04. The van der Waals surface area contributed by atoms with E-state index in [0.29, 0.717) is 13.0 Å². The first-order valence-electron chi connectivity index (χ1n) is 5.89. The van der Waals surface area contributed by atoms with E-state index in [9.17, 15) is 9.90 Å². The van der Waals surface area contributed by atoms with Gasteiger partial charge in [0, 0.05) is 20.8 Å². The Morgan fingerprint density at radius 1 is 1.44 bits per heavy atom. The molecule has 1 heterocycles. The maximum atomic E-state index is 10.5. The number of carboxylic acids is 1. The summed E-state index contributed by atoms with van der Waals surface area (Å²) in [6, 6.07) is -0.151. The summed E-state index contributed by atoms with van der Waals surface area (Å²) < 4.78 is 16.0. The van der Waals surface area contributed by atoms with Crippen molar-refractivity contribution in [2.45, 2.75) is 37.4 Å². The van der Waals surface area contributed by atoms with E-state index < -0.39 is 18.4 Å². The van der Waals surface area contributed by atoms with Crippen molar-refractivity contribution in [2.24, 2.45) is 0 Å². The molecule has 4 atom stereocenters. The number of rotatable bonds is 7. The molecule has 7 nitrogen and oxygen atoms in total. The van der Waals surface area contributed by atoms with E-state index in [-0.39, 0.29) is 25.2 Å². The standard InChI is InChI=1S/C11H21NO6/c1-16-8-5-7(12-4-3-10(14)15)11(17-2)18-9(8)6-13/h7-9,11-13H,3-6H2,1-2H3,(H,14,15). The second kappa shape index (κ2) is 7.65. The monoisotopic (exact) mass is 263 g/mol. The largest absolute Gasteiger partial charge is 0.481 e. The van der Waals surface area contributed by atoms with Crippen LogP contribution in [0.15, 0.2) is 0 Å². The first kappa shape index (κ1) is 15.3. The van der Waals surface area contributed by atoms with Gasteiger partial charge in [-0.05, 0) is 6.42 Å². The number of aliphatic hydroxyl groups excluding tert-OH is 1. The second-order valence-electron chi connectivity index (χ2n) is 4.18. The van der Waals surface area contributed by atoms with Gasteiger partial charge in [-0.3, -0.25) is 4.79 Å². The molecular formula is C11H21NO6. The van der Waals surface area contributed by atoms with Crippen LogP contribution in [-0.2, 0) is 19.0 Å². The molecule has 18 heavy (non-hydrogen) atoms. The molecule has 1 fully saturated rings. The van der Waals surface area contributed by atoms with Crippen molar-refractivity contribution in [3.63, 3.8) is 0 Å². The predicted molar refractivity (Wildman–Crippen MR) is 62.2 cm³/mol. The second-order valence-corrected chi connectivity index (χ2v) is 4.18. The Balaban J connectivity index is 2.51. The third-order valence-electron chi connectivity index (χ3n) is 3.00. The molecule has 106 valence electrons. The number of hydrogen-bond acceptors (Lipinski definition) is 6. The number of aliphatic hydroxyl groups is 1. The molecule has 1 aliphatic heterocycles. The van der Waals surface area contributed by atoms with Crippen molar-refractivity contribution < 1.29 is 29.2 Å². The molecule has 0 bridgehead atoms. The van der Waals surface area contributed by atoms with Crippen molar-refractivity contribution in [2.75, 3.05) is 27.4 Å². The topological polar surface area (TPSA) is 97.3 Å². The quantitative estimate of drug-likeness (QED) is 0.552. The summed E-state index contributed by atoms with van der Waals surface area (Å²) in [5.41, 5.74) is 0. The van der Waals surface area contributed by atoms with Crippen LogP contribution >= 0.6 is 0 Å². The van der Waals surface area contributed by atoms with Crippen molar-refractivity contribution >= 4 is 5.97 Å². The van der Waals surface area contributed by atoms with Crippen molar-refractivity contribution in [1.82, 2.24) is 5.32 Å². The fraction of sp³-hybridized carbons (Fsp3) is 0.909. The number of carbonyl (C=O) groups is 1. The lowest BCUT2D eigenvalue weighted by molar-refractivity contribution is -0.236. The Bertz CT molecular complexity index is 262. The lowest BCUT2D eigenvalue weighted by Crippen LogP contribution is -2.55. The molecular weight excluding hydrogens is 242 g/mol. The molecule has 0 aromatic rings. The molecule has 1 rings (SSSR count). The maximum Gasteiger partial charge on any atom is 0.304 e. The molecule has 0 aliphatic carbocycles. The van der Waals surface area contributed by atoms with E-state index in [4.69, 9.17) is 19.3 Å². The SMILES string of the molecule is COC1CC(NCCC(=O)O)C(OC)OC1CO. The van der Waals surface area contributed by atoms with Gasteiger partial charge in [0.25, 0.3) is 0 Å². The van der Waals surface area contributed by atoms with E-state index in [1.165, 1.54) is 7.11 Å². The number of nitrogens with one attached hydrogen (secondary N) is 1. The Kier molecular flexibility index (Phi) is 6.51. The Morgan fingerprint density at radius 3 is 2.67 bits per heavy atom. The number of methoxy groups -OCH3 is 2. The molecule has 0 radical (unpaired) electrons. The first-order valence-corrected chi connectivity index (χ1v) is 5.89. The minimum atomic E-state index is -0.857. The van der Waals surface area contributed by atoms with Gasteiger partial charge < -0.3 is 29.7 Å². The van der Waals surface area contributed by atoms with Gasteiger partial charge in [0.1, 0.15) is 6.10 Å². The van der Waals surface area contributed by atoms with Crippen LogP contribution in [0.1, 0.15) is 12.8 Å². The summed E-state index contributed by atoms with van der Waals surface area (Å²) in [5, 5.41) is 20.8. The Hall–Kier alpha value is -0.730. The maximum absolute atomic E-state index is 10.5. The van der Waals surface area contributed by atoms with Crippen LogP contribution < -0.4 is 5.32 Å². The number of hydrogen-bond donors (Lipinski definition) is 3. The number of aliphatic carboxylic acids is 1. The average molecular weight is 263 g/mol. The third-order valence-corrected chi connectivity index (χ3v) is 3.00. The molecule has 3 N–H and O–H groups in total. The summed E-state index contributed by atoms with van der Waals surface area (Å²) in [6.45, 7) is 0.198. The molecule has 0 spiro atoms. The van der Waals surface area contributed by atoms with E-state index in [2.05, 4.69) is 5.32 Å². The molecule has 0 aromatic carbocycles. The minimum Gasteiger partial charge on any atom is -0.481 e. The fourth-order valence-corrected chi connectivity index (χ4v) is 2.04. The van der Waals surface area contributed by atoms with Crippen LogP contribution in [0.2, 0.25) is 0 Å². The zero-order chi connectivity index (χ0) is 13.5. The predicted octanol–water partition coefficient (Wildman–Crippen LogP) is -0.812. The van der Waals surface area contributed by atoms with Crippen LogP contribution in [-0.4, -0.2) is 68.1 Å². The van der Waals surface area contributed by atoms with Gasteiger partial charge >= 0.3 is 5.97 Å². The van der Waals surface area contributed by atoms with Crippen LogP contribution in [0.4, 0.5) is 0 Å². The summed E-state index contributed by atoms with van der Waals surface area (Å²) in [4.78, 5) is 10.5. The zero-order valence-corrected chi connectivity index (χ0v) is 10.7. The van der Waals surface area contributed by atoms with Gasteiger partial charge in [0.15, 0.2) is 6.29 Å². The van der Waals surface area contributed by atoms with E-state index >= 15 is 0 Å². The summed E-state index contributed by atoms with van der Waals surface area (Å²) in [6.07, 6.45) is -0.531. The van der Waals surface area contributed by atoms with E-state index in [1.807, 2.05) is 0 Å². The average Bonchev–Trinajstić information content (AvgIpc) is 2.37. The molecule has 0 saturated carbocycles. The highest BCUT2D eigenvalue weighted by atomic mass is 16.7. The van der Waals surface area contributed by atoms with Crippen LogP contribution in [0.5, 0.6) is 0 Å². The highest BCUT2D eigenvalue weighted by Crippen LogP contribution is 2.22. The highest BCUT2D eigenvalue weighted by Gasteiger charge is 2.37. The molecule has 1 aliphatic rings. The summed E-state index contributed by atoms with van der Waals surface area (Å²) >= 11 is 0. The van der Waals surface area contributed by atoms with E-state index in [0.717, 1.165) is 0 Å². The highest BCUT2D eigenvalue weighted by molar-refractivity contribution is 5.66. The van der Waals surface area contributed by atoms with Crippen molar-refractivity contribution in [3.05, 3.63) is 0 Å². The number of carboxylic acid groups (broad SMARTS) is 1. The lowest BCUT2D eigenvalue weighted by Gasteiger charge is -2.39. The van der Waals surface area contributed by atoms with Gasteiger partial charge in [-0.1, -0.05) is 0 Å². The number of ether oxygens (including phenoxy) is 3. The molecule has 7 heteroatoms. The van der Waals surface area contributed by atoms with Crippen molar-refractivity contribution in [3.8, 4) is 0 Å². The minimum absolute atomic E-state index is 0.0357. The van der Waals surface area contributed by atoms with Gasteiger partial charge in [-0.2, -0.15) is 0 Å². The van der Waals surface area contributed by atoms with Crippen LogP contribution in [0, 0.1) is 0 Å². The molecule has 1 saturated heterocycles. The Labute approximate surface area is 106 Å². The van der Waals surface area contributed by atoms with E-state index in [1.54, 1.807) is 7.11 Å². The molecule has 0 aromatic heterocycles. The lowest BCUT2D eigenvalue weighted by atomic mass is 10.0. The summed E-state index contributed by atoms with van der Waals surface area (Å²) in [5.74, 6) is -0.857. The van der Waals surface area contributed by atoms with Crippen LogP contribution in [0.25, 0.3) is 0 Å². The van der Waals surface area contributed by atoms with Crippen molar-refractivity contribution in [1.29, 1.82) is 0 Å². The molecule has 4 unspecified atom stereocenters. The van der Waals surface area contributed by atoms with Crippen LogP contribution in [0.3, 0.4) is 0 Å². The first-order chi connectivity index (χ1) is 8.62. The summed E-state index contributed by atoms with van der Waals surface area (Å²) in [7, 11) is 3.07. The van der Waals surface area contributed by atoms with Gasteiger partial charge in [0.05, 0.1) is 25.2 Å². The normalized spacial score (nSPS) is 32.4. The third kappa shape index (κ3) is 4.18.